The van der Waals surface area contributed by atoms with E-state index in [9.17, 15) is 4.79 Å². The molecule has 1 amide bonds. The Morgan fingerprint density at radius 2 is 2.14 bits per heavy atom. The van der Waals surface area contributed by atoms with Crippen LogP contribution in [0.15, 0.2) is 30.3 Å². The van der Waals surface area contributed by atoms with Crippen molar-refractivity contribution in [2.75, 3.05) is 13.7 Å². The van der Waals surface area contributed by atoms with E-state index in [4.69, 9.17) is 10.5 Å². The van der Waals surface area contributed by atoms with Crippen LogP contribution in [0.25, 0.3) is 10.9 Å². The molecule has 1 heterocycles. The minimum Gasteiger partial charge on any atom is -0.494 e. The zero-order valence-corrected chi connectivity index (χ0v) is 13.4. The molecule has 0 aliphatic rings. The van der Waals surface area contributed by atoms with E-state index in [-0.39, 0.29) is 11.9 Å². The number of aromatic nitrogens is 1. The molecular weight excluding hydrogens is 278 g/mol. The summed E-state index contributed by atoms with van der Waals surface area (Å²) in [6.45, 7) is 5.28. The number of fused-ring (bicyclic) bond motifs is 1. The third-order valence-corrected chi connectivity index (χ3v) is 3.69. The number of amides is 1. The van der Waals surface area contributed by atoms with Crippen LogP contribution in [-0.2, 0) is 11.3 Å². The number of ether oxygens (including phenoxy) is 1. The van der Waals surface area contributed by atoms with Crippen molar-refractivity contribution in [1.29, 1.82) is 0 Å². The van der Waals surface area contributed by atoms with Gasteiger partial charge in [0.1, 0.15) is 5.75 Å². The molecule has 2 aromatic rings. The molecule has 0 spiro atoms. The highest BCUT2D eigenvalue weighted by Crippen LogP contribution is 2.20. The molecular formula is C17H23N3O2. The van der Waals surface area contributed by atoms with E-state index in [0.717, 1.165) is 22.3 Å². The Bertz CT molecular complexity index is 657. The fourth-order valence-corrected chi connectivity index (χ4v) is 2.35. The molecule has 0 fully saturated rings. The molecule has 0 bridgehead atoms. The third kappa shape index (κ3) is 4.18. The van der Waals surface area contributed by atoms with E-state index >= 15 is 0 Å². The lowest BCUT2D eigenvalue weighted by Gasteiger charge is -2.23. The van der Waals surface area contributed by atoms with E-state index in [1.807, 2.05) is 51.2 Å². The van der Waals surface area contributed by atoms with Crippen LogP contribution >= 0.6 is 0 Å². The maximum atomic E-state index is 11.0. The van der Waals surface area contributed by atoms with Crippen molar-refractivity contribution in [3.63, 3.8) is 0 Å². The Labute approximate surface area is 131 Å². The second-order valence-corrected chi connectivity index (χ2v) is 5.52. The molecule has 1 aromatic carbocycles. The number of carbonyl (C=O) groups is 1. The van der Waals surface area contributed by atoms with E-state index in [1.54, 1.807) is 0 Å². The van der Waals surface area contributed by atoms with E-state index in [0.29, 0.717) is 19.6 Å². The molecule has 0 saturated carbocycles. The van der Waals surface area contributed by atoms with Gasteiger partial charge in [-0.25, -0.2) is 0 Å². The highest BCUT2D eigenvalue weighted by atomic mass is 16.5. The van der Waals surface area contributed by atoms with Crippen molar-refractivity contribution < 1.29 is 9.53 Å². The van der Waals surface area contributed by atoms with E-state index in [1.165, 1.54) is 0 Å². The van der Waals surface area contributed by atoms with Gasteiger partial charge in [0.15, 0.2) is 0 Å². The fourth-order valence-electron chi connectivity index (χ4n) is 2.35. The molecule has 1 aromatic heterocycles. The first-order valence-corrected chi connectivity index (χ1v) is 7.50. The summed E-state index contributed by atoms with van der Waals surface area (Å²) in [6, 6.07) is 10.0. The van der Waals surface area contributed by atoms with Crippen LogP contribution in [0.3, 0.4) is 0 Å². The van der Waals surface area contributed by atoms with Crippen molar-refractivity contribution in [3.05, 3.63) is 36.0 Å². The number of benzene rings is 1. The van der Waals surface area contributed by atoms with Gasteiger partial charge in [0.05, 0.1) is 17.8 Å². The van der Waals surface area contributed by atoms with E-state index in [2.05, 4.69) is 9.88 Å². The van der Waals surface area contributed by atoms with Gasteiger partial charge in [-0.3, -0.25) is 14.7 Å². The monoisotopic (exact) mass is 301 g/mol. The molecule has 1 atom stereocenters. The van der Waals surface area contributed by atoms with Crippen LogP contribution in [-0.4, -0.2) is 35.5 Å². The Hall–Kier alpha value is -2.14. The van der Waals surface area contributed by atoms with Crippen molar-refractivity contribution in [3.8, 4) is 5.75 Å². The quantitative estimate of drug-likeness (QED) is 0.852. The van der Waals surface area contributed by atoms with Gasteiger partial charge in [0, 0.05) is 24.4 Å². The van der Waals surface area contributed by atoms with Gasteiger partial charge in [-0.05, 0) is 45.2 Å². The second-order valence-electron chi connectivity index (χ2n) is 5.52. The number of pyridine rings is 1. The Morgan fingerprint density at radius 1 is 1.36 bits per heavy atom. The van der Waals surface area contributed by atoms with Crippen LogP contribution < -0.4 is 10.5 Å². The lowest BCUT2D eigenvalue weighted by molar-refractivity contribution is -0.119. The SMILES string of the molecule is CCOc1ccc2nc(CN(C)C(C)CC(N)=O)ccc2c1. The summed E-state index contributed by atoms with van der Waals surface area (Å²) < 4.78 is 5.50. The van der Waals surface area contributed by atoms with Crippen molar-refractivity contribution in [1.82, 2.24) is 9.88 Å². The largest absolute Gasteiger partial charge is 0.494 e. The van der Waals surface area contributed by atoms with Crippen molar-refractivity contribution in [2.24, 2.45) is 5.73 Å². The lowest BCUT2D eigenvalue weighted by atomic mass is 10.1. The molecule has 5 nitrogen and oxygen atoms in total. The normalized spacial score (nSPS) is 12.5. The Balaban J connectivity index is 2.12. The minimum absolute atomic E-state index is 0.0929. The predicted molar refractivity (Wildman–Crippen MR) is 87.7 cm³/mol. The number of hydrogen-bond acceptors (Lipinski definition) is 4. The average molecular weight is 301 g/mol. The molecule has 0 saturated heterocycles. The molecule has 0 radical (unpaired) electrons. The Kier molecular flexibility index (Phi) is 5.33. The van der Waals surface area contributed by atoms with Gasteiger partial charge < -0.3 is 10.5 Å². The van der Waals surface area contributed by atoms with Gasteiger partial charge in [0.25, 0.3) is 0 Å². The zero-order valence-electron chi connectivity index (χ0n) is 13.4. The smallest absolute Gasteiger partial charge is 0.218 e. The van der Waals surface area contributed by atoms with Crippen LogP contribution in [0, 0.1) is 0 Å². The first kappa shape index (κ1) is 16.2. The number of nitrogens with zero attached hydrogens (tertiary/aromatic N) is 2. The molecule has 5 heteroatoms. The standard InChI is InChI=1S/C17H23N3O2/c1-4-22-15-7-8-16-13(10-15)5-6-14(19-16)11-20(3)12(2)9-17(18)21/h5-8,10,12H,4,9,11H2,1-3H3,(H2,18,21). The van der Waals surface area contributed by atoms with Crippen molar-refractivity contribution >= 4 is 16.8 Å². The van der Waals surface area contributed by atoms with Gasteiger partial charge in [-0.15, -0.1) is 0 Å². The maximum Gasteiger partial charge on any atom is 0.218 e. The maximum absolute atomic E-state index is 11.0. The summed E-state index contributed by atoms with van der Waals surface area (Å²) in [4.78, 5) is 17.7. The third-order valence-electron chi connectivity index (χ3n) is 3.69. The Morgan fingerprint density at radius 3 is 2.82 bits per heavy atom. The zero-order chi connectivity index (χ0) is 16.1. The summed E-state index contributed by atoms with van der Waals surface area (Å²) >= 11 is 0. The predicted octanol–water partition coefficient (Wildman–Crippen LogP) is 2.33. The summed E-state index contributed by atoms with van der Waals surface area (Å²) in [5.41, 5.74) is 7.15. The average Bonchev–Trinajstić information content (AvgIpc) is 2.47. The molecule has 0 aliphatic carbocycles. The molecule has 0 aliphatic heterocycles. The minimum atomic E-state index is -0.283. The summed E-state index contributed by atoms with van der Waals surface area (Å²) in [7, 11) is 1.97. The number of hydrogen-bond donors (Lipinski definition) is 1. The van der Waals surface area contributed by atoms with Gasteiger partial charge in [0.2, 0.25) is 5.91 Å². The van der Waals surface area contributed by atoms with E-state index < -0.39 is 0 Å². The van der Waals surface area contributed by atoms with Crippen LogP contribution in [0.2, 0.25) is 0 Å². The first-order valence-electron chi connectivity index (χ1n) is 7.50. The summed E-state index contributed by atoms with van der Waals surface area (Å²) in [5, 5.41) is 1.06. The topological polar surface area (TPSA) is 68.4 Å². The number of nitrogens with two attached hydrogens (primary N) is 1. The molecule has 2 N–H and O–H groups in total. The first-order chi connectivity index (χ1) is 10.5. The fraction of sp³-hybridized carbons (Fsp3) is 0.412. The van der Waals surface area contributed by atoms with Crippen LogP contribution in [0.5, 0.6) is 5.75 Å². The van der Waals surface area contributed by atoms with Crippen LogP contribution in [0.4, 0.5) is 0 Å². The second kappa shape index (κ2) is 7.22. The summed E-state index contributed by atoms with van der Waals surface area (Å²) in [6.07, 6.45) is 0.349. The van der Waals surface area contributed by atoms with Crippen molar-refractivity contribution in [2.45, 2.75) is 32.9 Å². The number of carbonyl (C=O) groups excluding carboxylic acids is 1. The molecule has 22 heavy (non-hydrogen) atoms. The summed E-state index contributed by atoms with van der Waals surface area (Å²) in [5.74, 6) is 0.575. The molecule has 1 unspecified atom stereocenters. The molecule has 2 rings (SSSR count). The van der Waals surface area contributed by atoms with Gasteiger partial charge >= 0.3 is 0 Å². The number of primary amides is 1. The highest BCUT2D eigenvalue weighted by molar-refractivity contribution is 5.80. The van der Waals surface area contributed by atoms with Gasteiger partial charge in [-0.2, -0.15) is 0 Å². The molecule has 118 valence electrons. The van der Waals surface area contributed by atoms with Gasteiger partial charge in [-0.1, -0.05) is 6.07 Å². The highest BCUT2D eigenvalue weighted by Gasteiger charge is 2.13. The number of rotatable bonds is 7. The van der Waals surface area contributed by atoms with Crippen LogP contribution in [0.1, 0.15) is 26.0 Å². The lowest BCUT2D eigenvalue weighted by Crippen LogP contribution is -2.32.